The molecular formula is C17H24N2O2. The summed E-state index contributed by atoms with van der Waals surface area (Å²) in [5, 5.41) is 3.20. The number of nitrogens with one attached hydrogen (secondary N) is 1. The molecule has 2 rings (SSSR count). The maximum Gasteiger partial charge on any atom is 0.232 e. The number of benzene rings is 1. The third-order valence-corrected chi connectivity index (χ3v) is 4.19. The van der Waals surface area contributed by atoms with E-state index in [9.17, 15) is 9.59 Å². The van der Waals surface area contributed by atoms with Crippen LogP contribution in [-0.2, 0) is 9.59 Å². The van der Waals surface area contributed by atoms with Gasteiger partial charge in [-0.3, -0.25) is 14.5 Å². The van der Waals surface area contributed by atoms with Crippen molar-refractivity contribution in [3.8, 4) is 0 Å². The smallest absolute Gasteiger partial charge is 0.232 e. The van der Waals surface area contributed by atoms with Crippen LogP contribution >= 0.6 is 0 Å². The Hall–Kier alpha value is -1.68. The minimum atomic E-state index is -0.182. The molecule has 0 aromatic heterocycles. The summed E-state index contributed by atoms with van der Waals surface area (Å²) in [7, 11) is 1.86. The largest absolute Gasteiger partial charge is 0.312 e. The first-order valence-corrected chi connectivity index (χ1v) is 7.55. The fourth-order valence-corrected chi connectivity index (χ4v) is 2.70. The summed E-state index contributed by atoms with van der Waals surface area (Å²) in [5.41, 5.74) is 2.39. The standard InChI is InChI=1S/C17H24N2O2/c1-11(2)13-5-7-14(8-6-13)15(18-4)10-19-16(20)9-12(3)17(19)21/h5-8,11-12,15,18H,9-10H2,1-4H3. The quantitative estimate of drug-likeness (QED) is 0.847. The van der Waals surface area contributed by atoms with Crippen molar-refractivity contribution < 1.29 is 9.59 Å². The highest BCUT2D eigenvalue weighted by molar-refractivity contribution is 6.03. The summed E-state index contributed by atoms with van der Waals surface area (Å²) in [5.74, 6) is 0.193. The van der Waals surface area contributed by atoms with Crippen molar-refractivity contribution in [2.75, 3.05) is 13.6 Å². The van der Waals surface area contributed by atoms with E-state index in [2.05, 4.69) is 43.4 Å². The van der Waals surface area contributed by atoms with Crippen LogP contribution in [0.15, 0.2) is 24.3 Å². The van der Waals surface area contributed by atoms with Gasteiger partial charge in [0.05, 0.1) is 6.04 Å². The Labute approximate surface area is 126 Å². The van der Waals surface area contributed by atoms with Gasteiger partial charge in [0.25, 0.3) is 0 Å². The summed E-state index contributed by atoms with van der Waals surface area (Å²) in [6.07, 6.45) is 0.335. The molecule has 0 spiro atoms. The molecule has 1 aliphatic heterocycles. The number of imide groups is 1. The van der Waals surface area contributed by atoms with Crippen molar-refractivity contribution in [2.45, 2.75) is 39.2 Å². The molecule has 1 fully saturated rings. The summed E-state index contributed by atoms with van der Waals surface area (Å²) >= 11 is 0. The fraction of sp³-hybridized carbons (Fsp3) is 0.529. The molecule has 2 unspecified atom stereocenters. The van der Waals surface area contributed by atoms with Crippen LogP contribution in [0.5, 0.6) is 0 Å². The van der Waals surface area contributed by atoms with Gasteiger partial charge in [-0.05, 0) is 24.1 Å². The lowest BCUT2D eigenvalue weighted by atomic mass is 9.99. The Morgan fingerprint density at radius 3 is 2.19 bits per heavy atom. The normalized spacial score (nSPS) is 20.4. The second-order valence-corrected chi connectivity index (χ2v) is 6.11. The molecule has 0 aliphatic carbocycles. The van der Waals surface area contributed by atoms with E-state index in [1.807, 2.05) is 14.0 Å². The molecule has 1 aromatic rings. The lowest BCUT2D eigenvalue weighted by Crippen LogP contribution is -2.38. The second-order valence-electron chi connectivity index (χ2n) is 6.11. The zero-order chi connectivity index (χ0) is 15.6. The van der Waals surface area contributed by atoms with Gasteiger partial charge in [-0.25, -0.2) is 0 Å². The van der Waals surface area contributed by atoms with E-state index in [1.54, 1.807) is 0 Å². The molecule has 1 saturated heterocycles. The average molecular weight is 288 g/mol. The van der Waals surface area contributed by atoms with Crippen LogP contribution in [0.4, 0.5) is 0 Å². The molecule has 4 heteroatoms. The molecular weight excluding hydrogens is 264 g/mol. The molecule has 1 N–H and O–H groups in total. The summed E-state index contributed by atoms with van der Waals surface area (Å²) < 4.78 is 0. The Morgan fingerprint density at radius 2 is 1.76 bits per heavy atom. The molecule has 1 aromatic carbocycles. The first kappa shape index (κ1) is 15.7. The van der Waals surface area contributed by atoms with Gasteiger partial charge in [-0.15, -0.1) is 0 Å². The molecule has 114 valence electrons. The Kier molecular flexibility index (Phi) is 4.78. The van der Waals surface area contributed by atoms with Crippen LogP contribution in [0.1, 0.15) is 50.3 Å². The predicted molar refractivity (Wildman–Crippen MR) is 82.8 cm³/mol. The number of likely N-dealkylation sites (N-methyl/N-ethyl adjacent to an activating group) is 1. The Bertz CT molecular complexity index is 522. The molecule has 0 saturated carbocycles. The number of carbonyl (C=O) groups excluding carboxylic acids is 2. The molecule has 1 aliphatic rings. The van der Waals surface area contributed by atoms with E-state index < -0.39 is 0 Å². The van der Waals surface area contributed by atoms with Gasteiger partial charge < -0.3 is 5.32 Å². The van der Waals surface area contributed by atoms with Gasteiger partial charge in [0.15, 0.2) is 0 Å². The number of hydrogen-bond acceptors (Lipinski definition) is 3. The molecule has 2 atom stereocenters. The predicted octanol–water partition coefficient (Wildman–Crippen LogP) is 2.47. The van der Waals surface area contributed by atoms with E-state index in [1.165, 1.54) is 10.5 Å². The second kappa shape index (κ2) is 6.39. The maximum atomic E-state index is 12.0. The van der Waals surface area contributed by atoms with E-state index in [0.717, 1.165) is 5.56 Å². The third kappa shape index (κ3) is 3.32. The first-order chi connectivity index (χ1) is 9.93. The summed E-state index contributed by atoms with van der Waals surface area (Å²) in [4.78, 5) is 25.3. The Balaban J connectivity index is 2.13. The van der Waals surface area contributed by atoms with Crippen molar-refractivity contribution in [3.05, 3.63) is 35.4 Å². The van der Waals surface area contributed by atoms with Gasteiger partial charge in [0.1, 0.15) is 0 Å². The number of likely N-dealkylation sites (tertiary alicyclic amines) is 1. The number of carbonyl (C=O) groups is 2. The van der Waals surface area contributed by atoms with Crippen LogP contribution in [0.2, 0.25) is 0 Å². The van der Waals surface area contributed by atoms with E-state index in [-0.39, 0.29) is 23.8 Å². The van der Waals surface area contributed by atoms with Gasteiger partial charge in [-0.1, -0.05) is 45.0 Å². The number of amides is 2. The average Bonchev–Trinajstić information content (AvgIpc) is 2.70. The van der Waals surface area contributed by atoms with Crippen LogP contribution in [-0.4, -0.2) is 30.3 Å². The van der Waals surface area contributed by atoms with E-state index >= 15 is 0 Å². The summed E-state index contributed by atoms with van der Waals surface area (Å²) in [6.45, 7) is 6.53. The highest BCUT2D eigenvalue weighted by atomic mass is 16.2. The number of rotatable bonds is 5. The topological polar surface area (TPSA) is 49.4 Å². The number of hydrogen-bond donors (Lipinski definition) is 1. The zero-order valence-electron chi connectivity index (χ0n) is 13.2. The minimum Gasteiger partial charge on any atom is -0.312 e. The molecule has 1 heterocycles. The highest BCUT2D eigenvalue weighted by Gasteiger charge is 2.36. The lowest BCUT2D eigenvalue weighted by molar-refractivity contribution is -0.139. The van der Waals surface area contributed by atoms with Crippen molar-refractivity contribution in [3.63, 3.8) is 0 Å². The molecule has 21 heavy (non-hydrogen) atoms. The summed E-state index contributed by atoms with van der Waals surface area (Å²) in [6, 6.07) is 8.35. The van der Waals surface area contributed by atoms with Crippen LogP contribution in [0, 0.1) is 5.92 Å². The Morgan fingerprint density at radius 1 is 1.19 bits per heavy atom. The fourth-order valence-electron chi connectivity index (χ4n) is 2.70. The van der Waals surface area contributed by atoms with E-state index in [0.29, 0.717) is 18.9 Å². The van der Waals surface area contributed by atoms with E-state index in [4.69, 9.17) is 0 Å². The highest BCUT2D eigenvalue weighted by Crippen LogP contribution is 2.24. The van der Waals surface area contributed by atoms with Crippen LogP contribution in [0.3, 0.4) is 0 Å². The molecule has 4 nitrogen and oxygen atoms in total. The molecule has 0 radical (unpaired) electrons. The number of nitrogens with zero attached hydrogens (tertiary/aromatic N) is 1. The third-order valence-electron chi connectivity index (χ3n) is 4.19. The van der Waals surface area contributed by atoms with Crippen molar-refractivity contribution in [1.82, 2.24) is 10.2 Å². The van der Waals surface area contributed by atoms with Gasteiger partial charge in [0.2, 0.25) is 11.8 Å². The van der Waals surface area contributed by atoms with Crippen LogP contribution in [0.25, 0.3) is 0 Å². The first-order valence-electron chi connectivity index (χ1n) is 7.55. The van der Waals surface area contributed by atoms with Crippen molar-refractivity contribution in [2.24, 2.45) is 5.92 Å². The van der Waals surface area contributed by atoms with Crippen LogP contribution < -0.4 is 5.32 Å². The van der Waals surface area contributed by atoms with Crippen molar-refractivity contribution in [1.29, 1.82) is 0 Å². The molecule has 0 bridgehead atoms. The van der Waals surface area contributed by atoms with Gasteiger partial charge >= 0.3 is 0 Å². The minimum absolute atomic E-state index is 0.0237. The monoisotopic (exact) mass is 288 g/mol. The van der Waals surface area contributed by atoms with Gasteiger partial charge in [-0.2, -0.15) is 0 Å². The lowest BCUT2D eigenvalue weighted by Gasteiger charge is -2.23. The van der Waals surface area contributed by atoms with Gasteiger partial charge in [0, 0.05) is 18.9 Å². The maximum absolute atomic E-state index is 12.0. The zero-order valence-corrected chi connectivity index (χ0v) is 13.2. The SMILES string of the molecule is CNC(CN1C(=O)CC(C)C1=O)c1ccc(C(C)C)cc1. The molecule has 2 amide bonds. The van der Waals surface area contributed by atoms with Crippen molar-refractivity contribution >= 4 is 11.8 Å².